The molecule has 0 radical (unpaired) electrons. The normalized spacial score (nSPS) is 14.9. The number of nitrogen functional groups attached to an aromatic ring is 1. The summed E-state index contributed by atoms with van der Waals surface area (Å²) in [6.07, 6.45) is 0. The smallest absolute Gasteiger partial charge is 0.270 e. The molecule has 2 aromatic carbocycles. The molecule has 1 aliphatic rings. The zero-order chi connectivity index (χ0) is 21.4. The molecule has 9 nitrogen and oxygen atoms in total. The van der Waals surface area contributed by atoms with Gasteiger partial charge in [0, 0.05) is 49.1 Å². The number of rotatable bonds is 4. The Morgan fingerprint density at radius 1 is 0.935 bits per heavy atom. The van der Waals surface area contributed by atoms with Crippen molar-refractivity contribution in [1.82, 2.24) is 19.9 Å². The zero-order valence-corrected chi connectivity index (χ0v) is 16.8. The minimum Gasteiger partial charge on any atom is -0.383 e. The molecule has 5 rings (SSSR count). The standard InChI is InChI=1S/C22H21N7O2/c23-22-17-3-1-2-4-19(17)24-20(26-22)14-27-9-11-28(12-10-27)21-8-5-15-13-16(29(30)31)6-7-18(15)25-21/h1-8,13H,9-12,14H2,(H2,23,24,26). The average molecular weight is 415 g/mol. The Bertz CT molecular complexity index is 1290. The second-order valence-electron chi connectivity index (χ2n) is 7.61. The predicted octanol–water partition coefficient (Wildman–Crippen LogP) is 2.99. The van der Waals surface area contributed by atoms with Crippen LogP contribution in [0.15, 0.2) is 54.6 Å². The van der Waals surface area contributed by atoms with E-state index in [0.717, 1.165) is 59.6 Å². The summed E-state index contributed by atoms with van der Waals surface area (Å²) in [6.45, 7) is 4.02. The van der Waals surface area contributed by atoms with E-state index in [0.29, 0.717) is 12.4 Å². The number of pyridine rings is 1. The van der Waals surface area contributed by atoms with Gasteiger partial charge in [-0.15, -0.1) is 0 Å². The van der Waals surface area contributed by atoms with E-state index in [1.54, 1.807) is 12.1 Å². The second-order valence-corrected chi connectivity index (χ2v) is 7.61. The molecule has 31 heavy (non-hydrogen) atoms. The molecule has 1 saturated heterocycles. The van der Waals surface area contributed by atoms with Gasteiger partial charge in [0.1, 0.15) is 17.5 Å². The van der Waals surface area contributed by atoms with E-state index in [1.165, 1.54) is 6.07 Å². The van der Waals surface area contributed by atoms with Crippen LogP contribution in [0.2, 0.25) is 0 Å². The first-order valence-electron chi connectivity index (χ1n) is 10.1. The van der Waals surface area contributed by atoms with Crippen molar-refractivity contribution >= 4 is 39.1 Å². The number of non-ortho nitro benzene ring substituents is 1. The number of nitro groups is 1. The van der Waals surface area contributed by atoms with Crippen LogP contribution < -0.4 is 10.6 Å². The molecule has 2 N–H and O–H groups in total. The maximum Gasteiger partial charge on any atom is 0.270 e. The van der Waals surface area contributed by atoms with Crippen LogP contribution in [0.4, 0.5) is 17.3 Å². The molecule has 0 bridgehead atoms. The number of nitrogens with two attached hydrogens (primary N) is 1. The van der Waals surface area contributed by atoms with Gasteiger partial charge in [-0.1, -0.05) is 12.1 Å². The minimum absolute atomic E-state index is 0.0761. The Morgan fingerprint density at radius 3 is 2.55 bits per heavy atom. The van der Waals surface area contributed by atoms with Gasteiger partial charge in [-0.2, -0.15) is 0 Å². The van der Waals surface area contributed by atoms with Crippen molar-refractivity contribution < 1.29 is 4.92 Å². The fourth-order valence-electron chi connectivity index (χ4n) is 3.95. The van der Waals surface area contributed by atoms with E-state index < -0.39 is 0 Å². The molecule has 0 saturated carbocycles. The van der Waals surface area contributed by atoms with Gasteiger partial charge in [0.2, 0.25) is 0 Å². The van der Waals surface area contributed by atoms with Crippen LogP contribution >= 0.6 is 0 Å². The Morgan fingerprint density at radius 2 is 1.74 bits per heavy atom. The molecular weight excluding hydrogens is 394 g/mol. The summed E-state index contributed by atoms with van der Waals surface area (Å²) in [6, 6.07) is 16.3. The molecule has 0 amide bonds. The van der Waals surface area contributed by atoms with Crippen molar-refractivity contribution in [2.45, 2.75) is 6.54 Å². The quantitative estimate of drug-likeness (QED) is 0.400. The number of aromatic nitrogens is 3. The van der Waals surface area contributed by atoms with Gasteiger partial charge in [-0.3, -0.25) is 15.0 Å². The van der Waals surface area contributed by atoms with Crippen LogP contribution in [0.1, 0.15) is 5.82 Å². The van der Waals surface area contributed by atoms with Crippen molar-refractivity contribution in [3.63, 3.8) is 0 Å². The van der Waals surface area contributed by atoms with Crippen LogP contribution in [-0.2, 0) is 6.54 Å². The Kier molecular flexibility index (Phi) is 4.79. The molecule has 0 unspecified atom stereocenters. The highest BCUT2D eigenvalue weighted by Crippen LogP contribution is 2.24. The van der Waals surface area contributed by atoms with Gasteiger partial charge < -0.3 is 10.6 Å². The van der Waals surface area contributed by atoms with Crippen LogP contribution in [0.3, 0.4) is 0 Å². The number of anilines is 2. The number of hydrogen-bond donors (Lipinski definition) is 1. The van der Waals surface area contributed by atoms with Crippen LogP contribution in [-0.4, -0.2) is 51.0 Å². The Balaban J connectivity index is 1.27. The molecular formula is C22H21N7O2. The number of para-hydroxylation sites is 1. The summed E-state index contributed by atoms with van der Waals surface area (Å²) in [4.78, 5) is 28.9. The first kappa shape index (κ1) is 19.1. The van der Waals surface area contributed by atoms with Gasteiger partial charge in [0.25, 0.3) is 5.69 Å². The lowest BCUT2D eigenvalue weighted by atomic mass is 10.2. The third kappa shape index (κ3) is 3.82. The van der Waals surface area contributed by atoms with E-state index in [4.69, 9.17) is 10.7 Å². The van der Waals surface area contributed by atoms with E-state index >= 15 is 0 Å². The number of nitrogens with zero attached hydrogens (tertiary/aromatic N) is 6. The van der Waals surface area contributed by atoms with E-state index in [9.17, 15) is 10.1 Å². The lowest BCUT2D eigenvalue weighted by Gasteiger charge is -2.35. The number of piperazine rings is 1. The van der Waals surface area contributed by atoms with Crippen molar-refractivity contribution in [3.05, 3.63) is 70.5 Å². The summed E-state index contributed by atoms with van der Waals surface area (Å²) in [5, 5.41) is 12.6. The van der Waals surface area contributed by atoms with Gasteiger partial charge in [0.15, 0.2) is 0 Å². The molecule has 9 heteroatoms. The molecule has 0 aliphatic carbocycles. The monoisotopic (exact) mass is 415 g/mol. The van der Waals surface area contributed by atoms with E-state index in [-0.39, 0.29) is 10.6 Å². The van der Waals surface area contributed by atoms with Crippen molar-refractivity contribution in [2.75, 3.05) is 36.8 Å². The van der Waals surface area contributed by atoms with Crippen molar-refractivity contribution in [2.24, 2.45) is 0 Å². The Labute approximate surface area is 178 Å². The van der Waals surface area contributed by atoms with E-state index in [2.05, 4.69) is 19.8 Å². The summed E-state index contributed by atoms with van der Waals surface area (Å²) in [5.74, 6) is 2.13. The van der Waals surface area contributed by atoms with Gasteiger partial charge in [-0.05, 0) is 30.3 Å². The van der Waals surface area contributed by atoms with Gasteiger partial charge in [-0.25, -0.2) is 15.0 Å². The maximum atomic E-state index is 11.0. The molecule has 0 atom stereocenters. The number of fused-ring (bicyclic) bond motifs is 2. The zero-order valence-electron chi connectivity index (χ0n) is 16.8. The van der Waals surface area contributed by atoms with Crippen LogP contribution in [0, 0.1) is 10.1 Å². The first-order chi connectivity index (χ1) is 15.1. The topological polar surface area (TPSA) is 114 Å². The highest BCUT2D eigenvalue weighted by Gasteiger charge is 2.20. The Hall–Kier alpha value is -3.85. The first-order valence-corrected chi connectivity index (χ1v) is 10.1. The lowest BCUT2D eigenvalue weighted by Crippen LogP contribution is -2.46. The summed E-state index contributed by atoms with van der Waals surface area (Å²) < 4.78 is 0. The summed E-state index contributed by atoms with van der Waals surface area (Å²) in [5.41, 5.74) is 7.80. The number of hydrogen-bond acceptors (Lipinski definition) is 8. The third-order valence-electron chi connectivity index (χ3n) is 5.61. The third-order valence-corrected chi connectivity index (χ3v) is 5.61. The summed E-state index contributed by atoms with van der Waals surface area (Å²) in [7, 11) is 0. The minimum atomic E-state index is -0.389. The highest BCUT2D eigenvalue weighted by molar-refractivity contribution is 5.87. The van der Waals surface area contributed by atoms with Crippen LogP contribution in [0.25, 0.3) is 21.8 Å². The lowest BCUT2D eigenvalue weighted by molar-refractivity contribution is -0.384. The van der Waals surface area contributed by atoms with Gasteiger partial charge in [0.05, 0.1) is 22.5 Å². The molecule has 1 aliphatic heterocycles. The molecule has 1 fully saturated rings. The largest absolute Gasteiger partial charge is 0.383 e. The fraction of sp³-hybridized carbons (Fsp3) is 0.227. The number of benzene rings is 2. The SMILES string of the molecule is Nc1nc(CN2CCN(c3ccc4cc([N+](=O)[O-])ccc4n3)CC2)nc2ccccc12. The molecule has 0 spiro atoms. The molecule has 3 heterocycles. The molecule has 4 aromatic rings. The predicted molar refractivity (Wildman–Crippen MR) is 120 cm³/mol. The second kappa shape index (κ2) is 7.77. The highest BCUT2D eigenvalue weighted by atomic mass is 16.6. The van der Waals surface area contributed by atoms with E-state index in [1.807, 2.05) is 36.4 Å². The van der Waals surface area contributed by atoms with Crippen molar-refractivity contribution in [3.8, 4) is 0 Å². The van der Waals surface area contributed by atoms with Crippen LogP contribution in [0.5, 0.6) is 0 Å². The summed E-state index contributed by atoms with van der Waals surface area (Å²) >= 11 is 0. The molecule has 2 aromatic heterocycles. The maximum absolute atomic E-state index is 11.0. The molecule has 156 valence electrons. The van der Waals surface area contributed by atoms with Gasteiger partial charge >= 0.3 is 0 Å². The number of nitro benzene ring substituents is 1. The fourth-order valence-corrected chi connectivity index (χ4v) is 3.95. The van der Waals surface area contributed by atoms with Crippen molar-refractivity contribution in [1.29, 1.82) is 0 Å². The average Bonchev–Trinajstić information content (AvgIpc) is 2.79.